The van der Waals surface area contributed by atoms with E-state index >= 15 is 0 Å². The standard InChI is InChI=1S/C14H11BrN2/c1-10-6-2-4-8-12(10)17-13-9-5-3-7-11(13)16-14(17)15/h2-9H,1H3. The largest absolute Gasteiger partial charge is 0.287 e. The molecular weight excluding hydrogens is 276 g/mol. The summed E-state index contributed by atoms with van der Waals surface area (Å²) in [7, 11) is 0. The fourth-order valence-electron chi connectivity index (χ4n) is 2.04. The van der Waals surface area contributed by atoms with Crippen LogP contribution in [0, 0.1) is 6.92 Å². The number of halogens is 1. The van der Waals surface area contributed by atoms with Crippen molar-refractivity contribution in [1.82, 2.24) is 9.55 Å². The lowest BCUT2D eigenvalue weighted by Gasteiger charge is -2.08. The van der Waals surface area contributed by atoms with Gasteiger partial charge in [0, 0.05) is 0 Å². The topological polar surface area (TPSA) is 17.8 Å². The van der Waals surface area contributed by atoms with Gasteiger partial charge < -0.3 is 0 Å². The Labute approximate surface area is 108 Å². The zero-order valence-electron chi connectivity index (χ0n) is 9.39. The summed E-state index contributed by atoms with van der Waals surface area (Å²) in [5, 5.41) is 0. The van der Waals surface area contributed by atoms with Crippen LogP contribution in [0.4, 0.5) is 0 Å². The van der Waals surface area contributed by atoms with E-state index < -0.39 is 0 Å². The van der Waals surface area contributed by atoms with Gasteiger partial charge in [0.25, 0.3) is 0 Å². The summed E-state index contributed by atoms with van der Waals surface area (Å²) in [4.78, 5) is 4.51. The molecule has 0 unspecified atom stereocenters. The number of benzene rings is 2. The van der Waals surface area contributed by atoms with Gasteiger partial charge in [-0.15, -0.1) is 0 Å². The van der Waals surface area contributed by atoms with E-state index in [1.165, 1.54) is 5.56 Å². The molecule has 3 rings (SSSR count). The Morgan fingerprint density at radius 1 is 1.00 bits per heavy atom. The lowest BCUT2D eigenvalue weighted by Crippen LogP contribution is -1.96. The average Bonchev–Trinajstić information content (AvgIpc) is 2.66. The van der Waals surface area contributed by atoms with Crippen molar-refractivity contribution in [3.05, 3.63) is 58.8 Å². The Kier molecular flexibility index (Phi) is 2.48. The van der Waals surface area contributed by atoms with E-state index in [-0.39, 0.29) is 0 Å². The molecule has 2 aromatic carbocycles. The molecule has 2 nitrogen and oxygen atoms in total. The molecule has 1 aromatic heterocycles. The minimum Gasteiger partial charge on any atom is -0.287 e. The number of imidazole rings is 1. The summed E-state index contributed by atoms with van der Waals surface area (Å²) in [5.41, 5.74) is 4.51. The molecular formula is C14H11BrN2. The molecule has 0 saturated carbocycles. The van der Waals surface area contributed by atoms with Crippen LogP contribution in [0.2, 0.25) is 0 Å². The fourth-order valence-corrected chi connectivity index (χ4v) is 2.61. The summed E-state index contributed by atoms with van der Waals surface area (Å²) < 4.78 is 2.97. The number of fused-ring (bicyclic) bond motifs is 1. The number of nitrogens with zero attached hydrogens (tertiary/aromatic N) is 2. The van der Waals surface area contributed by atoms with Crippen molar-refractivity contribution in [2.75, 3.05) is 0 Å². The van der Waals surface area contributed by atoms with Crippen LogP contribution in [0.1, 0.15) is 5.56 Å². The Bertz CT molecular complexity index is 686. The lowest BCUT2D eigenvalue weighted by atomic mass is 10.2. The Balaban J connectivity index is 2.38. The molecule has 0 N–H and O–H groups in total. The maximum absolute atomic E-state index is 4.51. The smallest absolute Gasteiger partial charge is 0.182 e. The van der Waals surface area contributed by atoms with Gasteiger partial charge in [0.05, 0.1) is 16.7 Å². The maximum atomic E-state index is 4.51. The van der Waals surface area contributed by atoms with Crippen LogP contribution in [0.25, 0.3) is 16.7 Å². The first kappa shape index (κ1) is 10.5. The van der Waals surface area contributed by atoms with Gasteiger partial charge in [0.2, 0.25) is 0 Å². The summed E-state index contributed by atoms with van der Waals surface area (Å²) in [6.45, 7) is 2.11. The summed E-state index contributed by atoms with van der Waals surface area (Å²) >= 11 is 3.53. The van der Waals surface area contributed by atoms with Crippen molar-refractivity contribution in [1.29, 1.82) is 0 Å². The summed E-state index contributed by atoms with van der Waals surface area (Å²) in [6, 6.07) is 16.4. The SMILES string of the molecule is Cc1ccccc1-n1c(Br)nc2ccccc21. The third-order valence-electron chi connectivity index (χ3n) is 2.88. The van der Waals surface area contributed by atoms with Crippen molar-refractivity contribution in [3.8, 4) is 5.69 Å². The number of hydrogen-bond donors (Lipinski definition) is 0. The molecule has 0 aliphatic carbocycles. The number of aromatic nitrogens is 2. The van der Waals surface area contributed by atoms with Crippen molar-refractivity contribution in [3.63, 3.8) is 0 Å². The quantitative estimate of drug-likeness (QED) is 0.659. The second-order valence-corrected chi connectivity index (χ2v) is 4.70. The van der Waals surface area contributed by atoms with Crippen LogP contribution < -0.4 is 0 Å². The van der Waals surface area contributed by atoms with Crippen LogP contribution in [-0.4, -0.2) is 9.55 Å². The van der Waals surface area contributed by atoms with E-state index in [4.69, 9.17) is 0 Å². The highest BCUT2D eigenvalue weighted by molar-refractivity contribution is 9.10. The molecule has 1 heterocycles. The fraction of sp³-hybridized carbons (Fsp3) is 0.0714. The van der Waals surface area contributed by atoms with Crippen molar-refractivity contribution in [2.45, 2.75) is 6.92 Å². The van der Waals surface area contributed by atoms with Crippen LogP contribution in [0.15, 0.2) is 53.3 Å². The van der Waals surface area contributed by atoms with Crippen LogP contribution in [0.3, 0.4) is 0 Å². The van der Waals surface area contributed by atoms with Gasteiger partial charge in [-0.3, -0.25) is 4.57 Å². The highest BCUT2D eigenvalue weighted by Crippen LogP contribution is 2.26. The van der Waals surface area contributed by atoms with E-state index in [1.54, 1.807) is 0 Å². The van der Waals surface area contributed by atoms with Gasteiger partial charge in [0.1, 0.15) is 0 Å². The first-order valence-electron chi connectivity index (χ1n) is 5.46. The minimum atomic E-state index is 0.841. The van der Waals surface area contributed by atoms with E-state index in [9.17, 15) is 0 Å². The molecule has 0 aliphatic rings. The van der Waals surface area contributed by atoms with Crippen molar-refractivity contribution >= 4 is 27.0 Å². The van der Waals surface area contributed by atoms with Gasteiger partial charge in [0.15, 0.2) is 4.73 Å². The molecule has 0 amide bonds. The molecule has 3 aromatic rings. The molecule has 0 bridgehead atoms. The normalized spacial score (nSPS) is 10.9. The summed E-state index contributed by atoms with van der Waals surface area (Å²) in [6.07, 6.45) is 0. The molecule has 0 fully saturated rings. The molecule has 0 radical (unpaired) electrons. The van der Waals surface area contributed by atoms with E-state index in [0.717, 1.165) is 21.5 Å². The van der Waals surface area contributed by atoms with Gasteiger partial charge in [-0.25, -0.2) is 4.98 Å². The van der Waals surface area contributed by atoms with Crippen LogP contribution in [-0.2, 0) is 0 Å². The number of hydrogen-bond acceptors (Lipinski definition) is 1. The molecule has 3 heteroatoms. The van der Waals surface area contributed by atoms with Gasteiger partial charge in [-0.1, -0.05) is 30.3 Å². The van der Waals surface area contributed by atoms with E-state index in [2.05, 4.69) is 50.6 Å². The lowest BCUT2D eigenvalue weighted by molar-refractivity contribution is 1.03. The predicted octanol–water partition coefficient (Wildman–Crippen LogP) is 4.10. The predicted molar refractivity (Wildman–Crippen MR) is 73.5 cm³/mol. The second-order valence-electron chi connectivity index (χ2n) is 3.99. The molecule has 84 valence electrons. The number of aryl methyl sites for hydroxylation is 1. The van der Waals surface area contributed by atoms with Crippen LogP contribution in [0.5, 0.6) is 0 Å². The summed E-state index contributed by atoms with van der Waals surface area (Å²) in [5.74, 6) is 0. The third-order valence-corrected chi connectivity index (χ3v) is 3.41. The third kappa shape index (κ3) is 1.67. The molecule has 0 aliphatic heterocycles. The van der Waals surface area contributed by atoms with Gasteiger partial charge in [-0.2, -0.15) is 0 Å². The molecule has 0 atom stereocenters. The minimum absolute atomic E-state index is 0.841. The highest BCUT2D eigenvalue weighted by atomic mass is 79.9. The zero-order chi connectivity index (χ0) is 11.8. The van der Waals surface area contributed by atoms with E-state index in [1.807, 2.05) is 30.3 Å². The van der Waals surface area contributed by atoms with Crippen molar-refractivity contribution in [2.24, 2.45) is 0 Å². The number of rotatable bonds is 1. The zero-order valence-corrected chi connectivity index (χ0v) is 11.0. The molecule has 0 spiro atoms. The molecule has 17 heavy (non-hydrogen) atoms. The Morgan fingerprint density at radius 2 is 1.71 bits per heavy atom. The first-order valence-corrected chi connectivity index (χ1v) is 6.25. The van der Waals surface area contributed by atoms with Gasteiger partial charge >= 0.3 is 0 Å². The molecule has 0 saturated heterocycles. The Morgan fingerprint density at radius 3 is 2.53 bits per heavy atom. The maximum Gasteiger partial charge on any atom is 0.182 e. The Hall–Kier alpha value is -1.61. The van der Waals surface area contributed by atoms with Gasteiger partial charge in [-0.05, 0) is 46.6 Å². The highest BCUT2D eigenvalue weighted by Gasteiger charge is 2.10. The number of para-hydroxylation sites is 3. The average molecular weight is 287 g/mol. The van der Waals surface area contributed by atoms with E-state index in [0.29, 0.717) is 0 Å². The van der Waals surface area contributed by atoms with Crippen molar-refractivity contribution < 1.29 is 0 Å². The first-order chi connectivity index (χ1) is 8.27. The monoisotopic (exact) mass is 286 g/mol. The van der Waals surface area contributed by atoms with Crippen LogP contribution >= 0.6 is 15.9 Å². The second kappa shape index (κ2) is 4.00.